The second kappa shape index (κ2) is 6.51. The molecule has 0 radical (unpaired) electrons. The van der Waals surface area contributed by atoms with Crippen molar-refractivity contribution in [2.75, 3.05) is 0 Å². The molecule has 0 rings (SSSR count). The van der Waals surface area contributed by atoms with E-state index in [4.69, 9.17) is 0 Å². The Bertz CT molecular complexity index is 142. The van der Waals surface area contributed by atoms with Crippen molar-refractivity contribution in [2.24, 2.45) is 5.28 Å². The molecule has 0 aromatic rings. The summed E-state index contributed by atoms with van der Waals surface area (Å²) in [6.07, 6.45) is 0. The largest absolute Gasteiger partial charge is 1.00 e. The third-order valence-electron chi connectivity index (χ3n) is 1.33. The van der Waals surface area contributed by atoms with E-state index in [2.05, 4.69) is 5.28 Å². The summed E-state index contributed by atoms with van der Waals surface area (Å²) in [7, 11) is 0. The van der Waals surface area contributed by atoms with Gasteiger partial charge in [-0.25, -0.2) is 0 Å². The van der Waals surface area contributed by atoms with Crippen LogP contribution in [0.15, 0.2) is 5.28 Å². The van der Waals surface area contributed by atoms with Gasteiger partial charge in [-0.3, -0.25) is 0 Å². The molecule has 0 aromatic carbocycles. The minimum atomic E-state index is -0.00907. The minimum absolute atomic E-state index is 0. The van der Waals surface area contributed by atoms with Crippen molar-refractivity contribution in [3.8, 4) is 0 Å². The summed E-state index contributed by atoms with van der Waals surface area (Å²) in [5, 5.41) is 24.3. The van der Waals surface area contributed by atoms with E-state index in [0.717, 1.165) is 0 Å². The van der Waals surface area contributed by atoms with Crippen molar-refractivity contribution in [3.63, 3.8) is 0 Å². The fourth-order valence-electron chi connectivity index (χ4n) is 1.03. The summed E-state index contributed by atoms with van der Waals surface area (Å²) >= 11 is 0. The van der Waals surface area contributed by atoms with Gasteiger partial charge in [0.2, 0.25) is 0 Å². The average Bonchev–Trinajstić information content (AvgIpc) is 1.85. The molecule has 0 aliphatic carbocycles. The Morgan fingerprint density at radius 3 is 1.58 bits per heavy atom. The first-order chi connectivity index (χ1) is 5.00. The minimum Gasteiger partial charge on any atom is -0.737 e. The van der Waals surface area contributed by atoms with Crippen LogP contribution < -0.4 is 29.6 Å². The maximum atomic E-state index is 10.8. The van der Waals surface area contributed by atoms with Crippen LogP contribution in [0.1, 0.15) is 27.7 Å². The van der Waals surface area contributed by atoms with E-state index in [1.165, 1.54) is 5.01 Å². The van der Waals surface area contributed by atoms with E-state index in [-0.39, 0.29) is 46.6 Å². The first-order valence-electron chi connectivity index (χ1n) is 3.59. The molecule has 0 spiro atoms. The quantitative estimate of drug-likeness (QED) is 0.231. The predicted octanol–water partition coefficient (Wildman–Crippen LogP) is -1.52. The first-order valence-corrected chi connectivity index (χ1v) is 3.59. The molecule has 0 heterocycles. The van der Waals surface area contributed by atoms with E-state index in [1.54, 1.807) is 0 Å². The van der Waals surface area contributed by atoms with Crippen LogP contribution in [0.5, 0.6) is 0 Å². The summed E-state index contributed by atoms with van der Waals surface area (Å²) in [6, 6.07) is -0.0181. The Hall–Kier alpha value is 0. The summed E-state index contributed by atoms with van der Waals surface area (Å²) in [4.78, 5) is 0.0926. The molecule has 66 valence electrons. The van der Waals surface area contributed by atoms with Crippen molar-refractivity contribution in [2.45, 2.75) is 39.8 Å². The molecule has 0 aliphatic rings. The molecule has 12 heavy (non-hydrogen) atoms. The maximum absolute atomic E-state index is 10.8. The molecule has 0 aromatic heterocycles. The molecular formula is C6H14N3NaO2. The normalized spacial score (nSPS) is 11.7. The van der Waals surface area contributed by atoms with Crippen LogP contribution in [0.25, 0.3) is 0 Å². The third-order valence-corrected chi connectivity index (χ3v) is 1.33. The van der Waals surface area contributed by atoms with Crippen LogP contribution in [-0.2, 0) is 0 Å². The van der Waals surface area contributed by atoms with Gasteiger partial charge in [-0.05, 0) is 33.0 Å². The maximum Gasteiger partial charge on any atom is 1.00 e. The summed E-state index contributed by atoms with van der Waals surface area (Å²) in [6.45, 7) is 7.32. The van der Waals surface area contributed by atoms with E-state index >= 15 is 0 Å². The SMILES string of the molecule is CC(C)N(C(C)C)/[N+]([O-])=N/[O-].[Na+]. The van der Waals surface area contributed by atoms with E-state index in [0.29, 0.717) is 0 Å². The number of hydrogen-bond donors (Lipinski definition) is 0. The fourth-order valence-corrected chi connectivity index (χ4v) is 1.03. The standard InChI is InChI=1S/C6H15N3O2.Na/c1-5(2)8(6(3)4)9(11)7-10;/h5-6,10H,1-4H3;/q;+1/p-1/b9-7-;. The molecule has 0 aliphatic heterocycles. The zero-order valence-corrected chi connectivity index (χ0v) is 10.3. The Labute approximate surface area is 94.9 Å². The Balaban J connectivity index is 0. The average molecular weight is 183 g/mol. The molecule has 0 unspecified atom stereocenters. The predicted molar refractivity (Wildman–Crippen MR) is 41.5 cm³/mol. The molecule has 0 bridgehead atoms. The van der Waals surface area contributed by atoms with Gasteiger partial charge in [0.1, 0.15) is 0 Å². The van der Waals surface area contributed by atoms with Crippen molar-refractivity contribution in [1.82, 2.24) is 5.01 Å². The Morgan fingerprint density at radius 1 is 1.17 bits per heavy atom. The van der Waals surface area contributed by atoms with E-state index < -0.39 is 0 Å². The summed E-state index contributed by atoms with van der Waals surface area (Å²) in [5.41, 5.74) is 0. The number of nitrogens with zero attached hydrogens (tertiary/aromatic N) is 3. The zero-order chi connectivity index (χ0) is 9.02. The van der Waals surface area contributed by atoms with Crippen LogP contribution in [0.2, 0.25) is 0 Å². The van der Waals surface area contributed by atoms with Gasteiger partial charge in [0.25, 0.3) is 0 Å². The molecule has 6 heteroatoms. The molecule has 0 N–H and O–H groups in total. The number of hydrogen-bond acceptors (Lipinski definition) is 3. The van der Waals surface area contributed by atoms with Crippen molar-refractivity contribution < 1.29 is 34.5 Å². The zero-order valence-electron chi connectivity index (χ0n) is 8.31. The smallest absolute Gasteiger partial charge is 0.737 e. The van der Waals surface area contributed by atoms with Gasteiger partial charge in [-0.15, -0.1) is 5.01 Å². The van der Waals surface area contributed by atoms with Gasteiger partial charge in [-0.2, -0.15) is 0 Å². The third kappa shape index (κ3) is 4.13. The van der Waals surface area contributed by atoms with Crippen molar-refractivity contribution in [3.05, 3.63) is 10.4 Å². The molecule has 0 saturated carbocycles. The first kappa shape index (κ1) is 14.5. The Kier molecular flexibility index (Phi) is 7.88. The van der Waals surface area contributed by atoms with Gasteiger partial charge in [0, 0.05) is 4.97 Å². The van der Waals surface area contributed by atoms with Crippen molar-refractivity contribution >= 4 is 0 Å². The monoisotopic (exact) mass is 183 g/mol. The van der Waals surface area contributed by atoms with Crippen LogP contribution in [-0.4, -0.2) is 22.1 Å². The van der Waals surface area contributed by atoms with Crippen LogP contribution in [0.3, 0.4) is 0 Å². The van der Waals surface area contributed by atoms with Crippen LogP contribution >= 0.6 is 0 Å². The molecular weight excluding hydrogens is 169 g/mol. The Morgan fingerprint density at radius 2 is 1.50 bits per heavy atom. The van der Waals surface area contributed by atoms with Gasteiger partial charge in [0.15, 0.2) is 0 Å². The molecule has 0 saturated heterocycles. The van der Waals surface area contributed by atoms with E-state index in [1.807, 2.05) is 27.7 Å². The van der Waals surface area contributed by atoms with Crippen LogP contribution in [0, 0.1) is 10.4 Å². The van der Waals surface area contributed by atoms with E-state index in [9.17, 15) is 10.4 Å². The molecule has 5 nitrogen and oxygen atoms in total. The van der Waals surface area contributed by atoms with Gasteiger partial charge >= 0.3 is 29.6 Å². The fraction of sp³-hybridized carbons (Fsp3) is 1.00. The van der Waals surface area contributed by atoms with Gasteiger partial charge < -0.3 is 10.4 Å². The van der Waals surface area contributed by atoms with Gasteiger partial charge in [0.05, 0.1) is 12.1 Å². The second-order valence-electron chi connectivity index (χ2n) is 2.90. The van der Waals surface area contributed by atoms with Gasteiger partial charge in [-0.1, -0.05) is 0 Å². The summed E-state index contributed by atoms with van der Waals surface area (Å²) in [5.74, 6) is 0. The van der Waals surface area contributed by atoms with Crippen molar-refractivity contribution in [1.29, 1.82) is 0 Å². The topological polar surface area (TPSA) is 64.7 Å². The number of rotatable bonds is 3. The molecule has 0 atom stereocenters. The molecule has 0 fully saturated rings. The summed E-state index contributed by atoms with van der Waals surface area (Å²) < 4.78 is 0. The number of hydrazine groups is 1. The van der Waals surface area contributed by atoms with Crippen LogP contribution in [0.4, 0.5) is 0 Å². The second-order valence-corrected chi connectivity index (χ2v) is 2.90. The molecule has 0 amide bonds.